The van der Waals surface area contributed by atoms with Crippen LogP contribution in [0.1, 0.15) is 142 Å². The summed E-state index contributed by atoms with van der Waals surface area (Å²) in [6, 6.07) is 0. The van der Waals surface area contributed by atoms with Crippen LogP contribution in [0.15, 0.2) is 0 Å². The van der Waals surface area contributed by atoms with Gasteiger partial charge in [-0.05, 0) is 12.8 Å². The predicted octanol–water partition coefficient (Wildman–Crippen LogP) is 8.40. The third kappa shape index (κ3) is 19.7. The molecule has 0 heterocycles. The van der Waals surface area contributed by atoms with E-state index in [0.717, 1.165) is 32.1 Å². The zero-order valence-corrected chi connectivity index (χ0v) is 17.1. The van der Waals surface area contributed by atoms with Gasteiger partial charge in [0.15, 0.2) is 0 Å². The van der Waals surface area contributed by atoms with Crippen molar-refractivity contribution in [3.63, 3.8) is 0 Å². The Balaban J connectivity index is 3.04. The van der Waals surface area contributed by atoms with Crippen LogP contribution in [-0.4, -0.2) is 5.78 Å². The van der Waals surface area contributed by atoms with Crippen LogP contribution in [0.25, 0.3) is 0 Å². The fourth-order valence-electron chi connectivity index (χ4n) is 3.37. The molecule has 1 heteroatoms. The Morgan fingerprint density at radius 1 is 0.417 bits per heavy atom. The monoisotopic (exact) mass is 338 g/mol. The summed E-state index contributed by atoms with van der Waals surface area (Å²) in [5, 5.41) is 0. The van der Waals surface area contributed by atoms with E-state index in [9.17, 15) is 4.79 Å². The summed E-state index contributed by atoms with van der Waals surface area (Å²) in [6.45, 7) is 4.44. The fraction of sp³-hybridized carbons (Fsp3) is 0.957. The number of unbranched alkanes of at least 4 members (excludes halogenated alkanes) is 16. The van der Waals surface area contributed by atoms with E-state index >= 15 is 0 Å². The van der Waals surface area contributed by atoms with E-state index in [-0.39, 0.29) is 0 Å². The lowest BCUT2D eigenvalue weighted by molar-refractivity contribution is -0.119. The molecule has 0 fully saturated rings. The molecule has 0 bridgehead atoms. The Kier molecular flexibility index (Phi) is 20.4. The van der Waals surface area contributed by atoms with E-state index in [1.54, 1.807) is 0 Å². The van der Waals surface area contributed by atoms with Gasteiger partial charge in [0.2, 0.25) is 0 Å². The van der Waals surface area contributed by atoms with Gasteiger partial charge in [-0.25, -0.2) is 0 Å². The third-order valence-corrected chi connectivity index (χ3v) is 5.12. The second kappa shape index (κ2) is 20.7. The first-order valence-electron chi connectivity index (χ1n) is 11.3. The van der Waals surface area contributed by atoms with Crippen LogP contribution in [0, 0.1) is 0 Å². The van der Waals surface area contributed by atoms with Gasteiger partial charge >= 0.3 is 0 Å². The lowest BCUT2D eigenvalue weighted by Crippen LogP contribution is -1.96. The third-order valence-electron chi connectivity index (χ3n) is 5.12. The quantitative estimate of drug-likeness (QED) is 0.204. The number of Topliss-reactive ketones (excluding diaryl/α,β-unsaturated/α-hetero) is 1. The Labute approximate surface area is 153 Å². The molecule has 0 unspecified atom stereocenters. The van der Waals surface area contributed by atoms with Crippen molar-refractivity contribution in [1.29, 1.82) is 0 Å². The number of ketones is 1. The topological polar surface area (TPSA) is 17.1 Å². The predicted molar refractivity (Wildman–Crippen MR) is 109 cm³/mol. The number of carbonyl (C=O) groups is 1. The molecule has 0 amide bonds. The van der Waals surface area contributed by atoms with Crippen LogP contribution in [0.4, 0.5) is 0 Å². The van der Waals surface area contributed by atoms with Gasteiger partial charge in [-0.1, -0.05) is 117 Å². The largest absolute Gasteiger partial charge is 0.300 e. The Morgan fingerprint density at radius 2 is 0.708 bits per heavy atom. The average Bonchev–Trinajstić information content (AvgIpc) is 2.59. The Bertz CT molecular complexity index is 246. The summed E-state index contributed by atoms with van der Waals surface area (Å²) in [5.41, 5.74) is 0. The van der Waals surface area contributed by atoms with Crippen LogP contribution in [-0.2, 0) is 4.79 Å². The van der Waals surface area contributed by atoms with Gasteiger partial charge in [0.1, 0.15) is 5.78 Å². The van der Waals surface area contributed by atoms with E-state index in [1.807, 2.05) is 0 Å². The fourth-order valence-corrected chi connectivity index (χ4v) is 3.37. The summed E-state index contributed by atoms with van der Waals surface area (Å²) >= 11 is 0. The molecule has 0 aliphatic carbocycles. The van der Waals surface area contributed by atoms with E-state index < -0.39 is 0 Å². The van der Waals surface area contributed by atoms with E-state index in [0.29, 0.717) is 5.78 Å². The molecule has 144 valence electrons. The molecule has 0 spiro atoms. The van der Waals surface area contributed by atoms with Crippen molar-refractivity contribution in [2.45, 2.75) is 142 Å². The summed E-state index contributed by atoms with van der Waals surface area (Å²) in [6.07, 6.45) is 26.2. The molecule has 0 aliphatic heterocycles. The van der Waals surface area contributed by atoms with Crippen LogP contribution < -0.4 is 0 Å². The number of carbonyl (C=O) groups excluding carboxylic acids is 1. The van der Waals surface area contributed by atoms with Crippen LogP contribution in [0.5, 0.6) is 0 Å². The van der Waals surface area contributed by atoms with Crippen molar-refractivity contribution >= 4 is 5.78 Å². The smallest absolute Gasteiger partial charge is 0.132 e. The van der Waals surface area contributed by atoms with Crippen molar-refractivity contribution < 1.29 is 4.79 Å². The highest BCUT2D eigenvalue weighted by molar-refractivity contribution is 5.78. The van der Waals surface area contributed by atoms with E-state index in [4.69, 9.17) is 0 Å². The van der Waals surface area contributed by atoms with Crippen LogP contribution >= 0.6 is 0 Å². The molecule has 0 saturated heterocycles. The summed E-state index contributed by atoms with van der Waals surface area (Å²) < 4.78 is 0. The molecule has 0 aromatic carbocycles. The highest BCUT2D eigenvalue weighted by atomic mass is 16.1. The molecule has 0 radical (unpaired) electrons. The van der Waals surface area contributed by atoms with Gasteiger partial charge in [0, 0.05) is 12.8 Å². The molecule has 0 aromatic heterocycles. The van der Waals surface area contributed by atoms with Gasteiger partial charge in [0.05, 0.1) is 0 Å². The highest BCUT2D eigenvalue weighted by Gasteiger charge is 2.00. The SMILES string of the molecule is CCCCCCCCCCCCCCCCCCC(=O)CCCC. The van der Waals surface area contributed by atoms with Crippen LogP contribution in [0.3, 0.4) is 0 Å². The van der Waals surface area contributed by atoms with Crippen molar-refractivity contribution in [1.82, 2.24) is 0 Å². The number of hydrogen-bond donors (Lipinski definition) is 0. The molecule has 0 saturated carbocycles. The summed E-state index contributed by atoms with van der Waals surface area (Å²) in [4.78, 5) is 11.5. The van der Waals surface area contributed by atoms with Gasteiger partial charge in [-0.15, -0.1) is 0 Å². The first-order chi connectivity index (χ1) is 11.8. The number of rotatable bonds is 20. The second-order valence-corrected chi connectivity index (χ2v) is 7.70. The van der Waals surface area contributed by atoms with Crippen molar-refractivity contribution in [3.05, 3.63) is 0 Å². The van der Waals surface area contributed by atoms with Gasteiger partial charge in [-0.2, -0.15) is 0 Å². The molecule has 0 aromatic rings. The first-order valence-corrected chi connectivity index (χ1v) is 11.3. The van der Waals surface area contributed by atoms with Crippen molar-refractivity contribution in [2.24, 2.45) is 0 Å². The summed E-state index contributed by atoms with van der Waals surface area (Å²) in [7, 11) is 0. The second-order valence-electron chi connectivity index (χ2n) is 7.70. The molecule has 1 nitrogen and oxygen atoms in total. The first kappa shape index (κ1) is 23.7. The maximum absolute atomic E-state index is 11.5. The Morgan fingerprint density at radius 3 is 1.08 bits per heavy atom. The lowest BCUT2D eigenvalue weighted by Gasteiger charge is -2.03. The summed E-state index contributed by atoms with van der Waals surface area (Å²) in [5.74, 6) is 0.488. The molecule has 0 atom stereocenters. The molecular weight excluding hydrogens is 292 g/mol. The minimum Gasteiger partial charge on any atom is -0.300 e. The van der Waals surface area contributed by atoms with Gasteiger partial charge in [-0.3, -0.25) is 4.79 Å². The molecule has 0 rings (SSSR count). The van der Waals surface area contributed by atoms with Gasteiger partial charge < -0.3 is 0 Å². The molecular formula is C23H46O. The van der Waals surface area contributed by atoms with Crippen molar-refractivity contribution in [2.75, 3.05) is 0 Å². The van der Waals surface area contributed by atoms with Crippen molar-refractivity contribution in [3.8, 4) is 0 Å². The molecule has 0 N–H and O–H groups in total. The zero-order valence-electron chi connectivity index (χ0n) is 17.1. The maximum atomic E-state index is 11.5. The Hall–Kier alpha value is -0.330. The maximum Gasteiger partial charge on any atom is 0.132 e. The lowest BCUT2D eigenvalue weighted by atomic mass is 10.0. The van der Waals surface area contributed by atoms with E-state index in [1.165, 1.54) is 96.3 Å². The zero-order chi connectivity index (χ0) is 17.7. The minimum absolute atomic E-state index is 0.488. The van der Waals surface area contributed by atoms with E-state index in [2.05, 4.69) is 13.8 Å². The highest BCUT2D eigenvalue weighted by Crippen LogP contribution is 2.14. The normalized spacial score (nSPS) is 11.1. The van der Waals surface area contributed by atoms with Gasteiger partial charge in [0.25, 0.3) is 0 Å². The molecule has 0 aliphatic rings. The standard InChI is InChI=1S/C23H46O/c1-3-5-7-8-9-10-11-12-13-14-15-16-17-18-19-20-22-23(24)21-6-4-2/h3-22H2,1-2H3. The van der Waals surface area contributed by atoms with Crippen LogP contribution in [0.2, 0.25) is 0 Å². The minimum atomic E-state index is 0.488. The number of hydrogen-bond acceptors (Lipinski definition) is 1. The molecule has 24 heavy (non-hydrogen) atoms. The average molecular weight is 339 g/mol.